The summed E-state index contributed by atoms with van der Waals surface area (Å²) in [6.07, 6.45) is -1.56. The molecule has 0 amide bonds. The standard InChI is InChI=1S/C12H13FN5O6P/c13-6-5(3-19)23-11(8(6)24-25(21)22)18-4-15-7-9(18)16-12-14-1-2-17(12)10(7)20/h1-2,4-6,8,11,19,25H,3H2,(H,14,16)(H,21,22)/t5-,6-,8-,11-/m1/s1. The molecule has 25 heavy (non-hydrogen) atoms. The Bertz CT molecular complexity index is 1020. The summed E-state index contributed by atoms with van der Waals surface area (Å²) in [5.74, 6) is 0.237. The second kappa shape index (κ2) is 6.00. The number of imidazole rings is 2. The number of ether oxygens (including phenoxy) is 1. The first-order valence-corrected chi connectivity index (χ1v) is 8.50. The summed E-state index contributed by atoms with van der Waals surface area (Å²) in [5, 5.41) is 9.22. The molecule has 1 fully saturated rings. The monoisotopic (exact) mass is 373 g/mol. The van der Waals surface area contributed by atoms with Crippen molar-refractivity contribution < 1.29 is 28.2 Å². The minimum absolute atomic E-state index is 0.0129. The molecule has 0 spiro atoms. The molecule has 1 aliphatic heterocycles. The lowest BCUT2D eigenvalue weighted by atomic mass is 10.1. The zero-order valence-electron chi connectivity index (χ0n) is 12.4. The van der Waals surface area contributed by atoms with Gasteiger partial charge in [0.15, 0.2) is 23.6 Å². The predicted molar refractivity (Wildman–Crippen MR) is 81.1 cm³/mol. The molecular formula is C12H13FN5O6P. The van der Waals surface area contributed by atoms with Gasteiger partial charge in [-0.15, -0.1) is 0 Å². The van der Waals surface area contributed by atoms with Gasteiger partial charge in [0.05, 0.1) is 12.9 Å². The van der Waals surface area contributed by atoms with Crippen LogP contribution in [-0.4, -0.2) is 58.9 Å². The zero-order valence-corrected chi connectivity index (χ0v) is 13.4. The van der Waals surface area contributed by atoms with Gasteiger partial charge in [-0.25, -0.2) is 9.37 Å². The fraction of sp³-hybridized carbons (Fsp3) is 0.417. The highest BCUT2D eigenvalue weighted by atomic mass is 31.1. The number of aromatic amines is 1. The highest BCUT2D eigenvalue weighted by Gasteiger charge is 2.48. The first-order chi connectivity index (χ1) is 12.0. The van der Waals surface area contributed by atoms with Crippen LogP contribution in [0.4, 0.5) is 4.39 Å². The van der Waals surface area contributed by atoms with Crippen LogP contribution in [0.1, 0.15) is 6.23 Å². The number of nitrogens with one attached hydrogen (secondary N) is 1. The molecular weight excluding hydrogens is 360 g/mol. The van der Waals surface area contributed by atoms with E-state index in [0.29, 0.717) is 0 Å². The van der Waals surface area contributed by atoms with E-state index in [1.165, 1.54) is 27.7 Å². The molecule has 0 radical (unpaired) electrons. The maximum Gasteiger partial charge on any atom is 0.317 e. The molecule has 134 valence electrons. The molecule has 1 saturated heterocycles. The zero-order chi connectivity index (χ0) is 17.7. The molecule has 0 aliphatic carbocycles. The molecule has 0 bridgehead atoms. The summed E-state index contributed by atoms with van der Waals surface area (Å²) in [5.41, 5.74) is -0.338. The molecule has 0 aromatic carbocycles. The Morgan fingerprint density at radius 3 is 3.04 bits per heavy atom. The van der Waals surface area contributed by atoms with E-state index in [2.05, 4.69) is 15.0 Å². The fourth-order valence-corrected chi connectivity index (χ4v) is 3.38. The van der Waals surface area contributed by atoms with Crippen LogP contribution in [0.2, 0.25) is 0 Å². The first kappa shape index (κ1) is 16.4. The number of hydrogen-bond acceptors (Lipinski definition) is 7. The Kier molecular flexibility index (Phi) is 3.93. The van der Waals surface area contributed by atoms with Crippen LogP contribution in [0.25, 0.3) is 16.9 Å². The summed E-state index contributed by atoms with van der Waals surface area (Å²) in [6.45, 7) is -0.645. The van der Waals surface area contributed by atoms with E-state index >= 15 is 0 Å². The first-order valence-electron chi connectivity index (χ1n) is 7.23. The largest absolute Gasteiger partial charge is 0.394 e. The average Bonchev–Trinajstić information content (AvgIpc) is 3.27. The molecule has 3 aromatic rings. The topological polar surface area (TPSA) is 144 Å². The van der Waals surface area contributed by atoms with Gasteiger partial charge in [-0.1, -0.05) is 0 Å². The molecule has 4 heterocycles. The lowest BCUT2D eigenvalue weighted by Gasteiger charge is -2.19. The summed E-state index contributed by atoms with van der Waals surface area (Å²) in [6, 6.07) is 0. The number of aliphatic hydroxyl groups excluding tert-OH is 1. The van der Waals surface area contributed by atoms with Gasteiger partial charge in [0.2, 0.25) is 5.78 Å². The van der Waals surface area contributed by atoms with Crippen molar-refractivity contribution in [3.63, 3.8) is 0 Å². The highest BCUT2D eigenvalue weighted by Crippen LogP contribution is 2.38. The number of halogens is 1. The van der Waals surface area contributed by atoms with Gasteiger partial charge in [0.1, 0.15) is 12.2 Å². The number of hydrogen-bond donors (Lipinski definition) is 3. The third-order valence-corrected chi connectivity index (χ3v) is 4.49. The lowest BCUT2D eigenvalue weighted by molar-refractivity contribution is -0.0458. The van der Waals surface area contributed by atoms with Gasteiger partial charge in [-0.05, 0) is 0 Å². The maximum atomic E-state index is 14.4. The van der Waals surface area contributed by atoms with Crippen molar-refractivity contribution in [3.8, 4) is 0 Å². The Hall–Kier alpha value is -2.11. The molecule has 3 N–H and O–H groups in total. The Morgan fingerprint density at radius 1 is 1.52 bits per heavy atom. The van der Waals surface area contributed by atoms with Crippen molar-refractivity contribution >= 4 is 25.2 Å². The highest BCUT2D eigenvalue weighted by molar-refractivity contribution is 7.32. The van der Waals surface area contributed by atoms with Gasteiger partial charge in [0.25, 0.3) is 5.56 Å². The van der Waals surface area contributed by atoms with E-state index in [4.69, 9.17) is 14.2 Å². The van der Waals surface area contributed by atoms with Crippen LogP contribution in [0.5, 0.6) is 0 Å². The van der Waals surface area contributed by atoms with Crippen LogP contribution in [0.3, 0.4) is 0 Å². The van der Waals surface area contributed by atoms with Crippen molar-refractivity contribution in [2.24, 2.45) is 0 Å². The van der Waals surface area contributed by atoms with Crippen molar-refractivity contribution in [2.45, 2.75) is 24.6 Å². The molecule has 13 heteroatoms. The number of aromatic nitrogens is 5. The Balaban J connectivity index is 1.86. The maximum absolute atomic E-state index is 14.4. The second-order valence-corrected chi connectivity index (χ2v) is 6.20. The van der Waals surface area contributed by atoms with Crippen LogP contribution >= 0.6 is 8.25 Å². The number of aliphatic hydroxyl groups is 1. The number of nitrogens with zero attached hydrogens (tertiary/aromatic N) is 4. The normalized spacial score (nSPS) is 28.1. The smallest absolute Gasteiger partial charge is 0.317 e. The number of rotatable bonds is 4. The van der Waals surface area contributed by atoms with Crippen molar-refractivity contribution in [3.05, 3.63) is 29.1 Å². The minimum Gasteiger partial charge on any atom is -0.394 e. The van der Waals surface area contributed by atoms with Crippen molar-refractivity contribution in [1.29, 1.82) is 0 Å². The summed E-state index contributed by atoms with van der Waals surface area (Å²) >= 11 is 0. The molecule has 3 aromatic heterocycles. The van der Waals surface area contributed by atoms with Crippen LogP contribution in [-0.2, 0) is 13.8 Å². The van der Waals surface area contributed by atoms with Crippen LogP contribution in [0.15, 0.2) is 23.5 Å². The number of H-pyrrole nitrogens is 1. The summed E-state index contributed by atoms with van der Waals surface area (Å²) in [4.78, 5) is 32.4. The van der Waals surface area contributed by atoms with E-state index in [-0.39, 0.29) is 16.9 Å². The molecule has 5 atom stereocenters. The third-order valence-electron chi connectivity index (χ3n) is 4.02. The van der Waals surface area contributed by atoms with E-state index in [1.807, 2.05) is 0 Å². The molecule has 1 unspecified atom stereocenters. The molecule has 11 nitrogen and oxygen atoms in total. The average molecular weight is 373 g/mol. The van der Waals surface area contributed by atoms with Gasteiger partial charge < -0.3 is 19.7 Å². The van der Waals surface area contributed by atoms with Crippen molar-refractivity contribution in [1.82, 2.24) is 23.9 Å². The van der Waals surface area contributed by atoms with Crippen molar-refractivity contribution in [2.75, 3.05) is 6.61 Å². The van der Waals surface area contributed by atoms with Gasteiger partial charge in [-0.2, -0.15) is 4.98 Å². The second-order valence-electron chi connectivity index (χ2n) is 5.44. The fourth-order valence-electron chi connectivity index (χ4n) is 2.90. The van der Waals surface area contributed by atoms with Crippen LogP contribution in [0, 0.1) is 0 Å². The minimum atomic E-state index is -3.47. The van der Waals surface area contributed by atoms with E-state index < -0.39 is 45.0 Å². The quantitative estimate of drug-likeness (QED) is 0.513. The lowest BCUT2D eigenvalue weighted by Crippen LogP contribution is -2.30. The summed E-state index contributed by atoms with van der Waals surface area (Å²) < 4.78 is 38.1. The molecule has 4 rings (SSSR count). The van der Waals surface area contributed by atoms with E-state index in [1.54, 1.807) is 0 Å². The van der Waals surface area contributed by atoms with E-state index in [0.717, 1.165) is 0 Å². The third kappa shape index (κ3) is 2.50. The van der Waals surface area contributed by atoms with Crippen LogP contribution < -0.4 is 5.56 Å². The number of fused-ring (bicyclic) bond motifs is 2. The Morgan fingerprint density at radius 2 is 2.32 bits per heavy atom. The molecule has 1 aliphatic rings. The van der Waals surface area contributed by atoms with E-state index in [9.17, 15) is 18.9 Å². The SMILES string of the molecule is O=c1c2ncn([C@@H]3O[C@H](CO)[C@@H](F)[C@H]3O[PH](=O)O)c2nc2[nH]ccn12. The summed E-state index contributed by atoms with van der Waals surface area (Å²) in [7, 11) is -3.47. The van der Waals surface area contributed by atoms with Gasteiger partial charge in [-0.3, -0.25) is 22.9 Å². The van der Waals surface area contributed by atoms with Gasteiger partial charge >= 0.3 is 8.25 Å². The molecule has 0 saturated carbocycles. The number of alkyl halides is 1. The van der Waals surface area contributed by atoms with Gasteiger partial charge in [0, 0.05) is 12.4 Å². The predicted octanol–water partition coefficient (Wildman–Crippen LogP) is -0.633. The Labute approximate surface area is 138 Å².